The van der Waals surface area contributed by atoms with Crippen molar-refractivity contribution in [3.05, 3.63) is 40.3 Å². The van der Waals surface area contributed by atoms with Crippen LogP contribution in [0.4, 0.5) is 0 Å². The normalized spacial score (nSPS) is 18.2. The highest BCUT2D eigenvalue weighted by Gasteiger charge is 2.23. The Labute approximate surface area is 146 Å². The highest BCUT2D eigenvalue weighted by atomic mass is 32.1. The third kappa shape index (κ3) is 4.43. The van der Waals surface area contributed by atoms with Gasteiger partial charge in [-0.05, 0) is 28.5 Å². The van der Waals surface area contributed by atoms with E-state index >= 15 is 0 Å². The van der Waals surface area contributed by atoms with E-state index in [-0.39, 0.29) is 12.5 Å². The molecule has 0 fully saturated rings. The standard InChI is InChI=1S/C17H24N4O2S/c1-19(2)17(22)12-23-11-15-8-20(7-14-4-6-24-13-14)10-16-3-5-18-21(16)9-15/h3-6,13,15H,7-12H2,1-2H3/t15-/m0/s1. The van der Waals surface area contributed by atoms with Crippen molar-refractivity contribution in [2.75, 3.05) is 33.9 Å². The SMILES string of the molecule is CN(C)C(=O)COC[C@H]1CN(Cc2ccsc2)Cc2ccnn2C1. The minimum Gasteiger partial charge on any atom is -0.371 e. The van der Waals surface area contributed by atoms with Crippen molar-refractivity contribution in [2.45, 2.75) is 19.6 Å². The van der Waals surface area contributed by atoms with E-state index in [1.54, 1.807) is 30.3 Å². The first-order valence-corrected chi connectivity index (χ1v) is 9.08. The average molecular weight is 348 g/mol. The molecule has 3 heterocycles. The number of hydrogen-bond donors (Lipinski definition) is 0. The molecule has 1 atom stereocenters. The largest absolute Gasteiger partial charge is 0.371 e. The van der Waals surface area contributed by atoms with Crippen molar-refractivity contribution in [3.63, 3.8) is 0 Å². The lowest BCUT2D eigenvalue weighted by atomic mass is 10.1. The summed E-state index contributed by atoms with van der Waals surface area (Å²) in [6, 6.07) is 4.26. The van der Waals surface area contributed by atoms with Crippen LogP contribution in [0.15, 0.2) is 29.1 Å². The van der Waals surface area contributed by atoms with E-state index in [0.29, 0.717) is 12.5 Å². The number of hydrogen-bond acceptors (Lipinski definition) is 5. The zero-order valence-electron chi connectivity index (χ0n) is 14.2. The fourth-order valence-corrected chi connectivity index (χ4v) is 3.59. The van der Waals surface area contributed by atoms with Crippen LogP contribution in [0.5, 0.6) is 0 Å². The summed E-state index contributed by atoms with van der Waals surface area (Å²) in [7, 11) is 3.49. The fraction of sp³-hybridized carbons (Fsp3) is 0.529. The minimum atomic E-state index is -0.00136. The summed E-state index contributed by atoms with van der Waals surface area (Å²) >= 11 is 1.73. The lowest BCUT2D eigenvalue weighted by Gasteiger charge is -2.23. The van der Waals surface area contributed by atoms with Gasteiger partial charge in [-0.2, -0.15) is 16.4 Å². The topological polar surface area (TPSA) is 50.6 Å². The van der Waals surface area contributed by atoms with Gasteiger partial charge in [0.15, 0.2) is 0 Å². The number of nitrogens with zero attached hydrogens (tertiary/aromatic N) is 4. The maximum atomic E-state index is 11.7. The Morgan fingerprint density at radius 1 is 1.42 bits per heavy atom. The zero-order chi connectivity index (χ0) is 16.9. The molecule has 0 bridgehead atoms. The second-order valence-corrected chi connectivity index (χ2v) is 7.26. The zero-order valence-corrected chi connectivity index (χ0v) is 15.0. The molecule has 0 saturated heterocycles. The van der Waals surface area contributed by atoms with E-state index in [9.17, 15) is 4.79 Å². The van der Waals surface area contributed by atoms with Gasteiger partial charge in [0.25, 0.3) is 0 Å². The second-order valence-electron chi connectivity index (χ2n) is 6.48. The minimum absolute atomic E-state index is 0.00136. The fourth-order valence-electron chi connectivity index (χ4n) is 2.93. The van der Waals surface area contributed by atoms with Gasteiger partial charge in [0.1, 0.15) is 6.61 Å². The highest BCUT2D eigenvalue weighted by Crippen LogP contribution is 2.19. The molecule has 0 spiro atoms. The number of carbonyl (C=O) groups excluding carboxylic acids is 1. The van der Waals surface area contributed by atoms with Crippen LogP contribution in [-0.2, 0) is 29.2 Å². The molecule has 0 unspecified atom stereocenters. The Balaban J connectivity index is 1.62. The lowest BCUT2D eigenvalue weighted by molar-refractivity contribution is -0.134. The molecule has 1 amide bonds. The number of aromatic nitrogens is 2. The third-order valence-electron chi connectivity index (χ3n) is 4.20. The van der Waals surface area contributed by atoms with Crippen LogP contribution in [0.2, 0.25) is 0 Å². The number of thiophene rings is 1. The Morgan fingerprint density at radius 2 is 2.29 bits per heavy atom. The molecule has 24 heavy (non-hydrogen) atoms. The van der Waals surface area contributed by atoms with Crippen LogP contribution >= 0.6 is 11.3 Å². The van der Waals surface area contributed by atoms with Gasteiger partial charge in [-0.15, -0.1) is 0 Å². The van der Waals surface area contributed by atoms with Gasteiger partial charge in [-0.1, -0.05) is 0 Å². The second kappa shape index (κ2) is 7.92. The molecule has 2 aromatic rings. The summed E-state index contributed by atoms with van der Waals surface area (Å²) < 4.78 is 7.73. The van der Waals surface area contributed by atoms with Gasteiger partial charge in [0.05, 0.1) is 12.3 Å². The number of likely N-dealkylation sites (N-methyl/N-ethyl adjacent to an activating group) is 1. The molecule has 0 saturated carbocycles. The lowest BCUT2D eigenvalue weighted by Crippen LogP contribution is -2.32. The maximum Gasteiger partial charge on any atom is 0.248 e. The van der Waals surface area contributed by atoms with Crippen molar-refractivity contribution >= 4 is 17.2 Å². The molecule has 1 aliphatic rings. The number of fused-ring (bicyclic) bond motifs is 1. The highest BCUT2D eigenvalue weighted by molar-refractivity contribution is 7.07. The first-order valence-electron chi connectivity index (χ1n) is 8.14. The van der Waals surface area contributed by atoms with Crippen LogP contribution < -0.4 is 0 Å². The van der Waals surface area contributed by atoms with Gasteiger partial charge in [-0.3, -0.25) is 14.4 Å². The summed E-state index contributed by atoms with van der Waals surface area (Å²) in [4.78, 5) is 15.7. The van der Waals surface area contributed by atoms with E-state index in [0.717, 1.165) is 26.2 Å². The number of carbonyl (C=O) groups is 1. The van der Waals surface area contributed by atoms with Gasteiger partial charge in [0.2, 0.25) is 5.91 Å². The first kappa shape index (κ1) is 17.1. The molecule has 130 valence electrons. The molecule has 6 nitrogen and oxygen atoms in total. The molecule has 7 heteroatoms. The van der Waals surface area contributed by atoms with E-state index < -0.39 is 0 Å². The van der Waals surface area contributed by atoms with Crippen molar-refractivity contribution < 1.29 is 9.53 Å². The average Bonchev–Trinajstić information content (AvgIpc) is 3.16. The summed E-state index contributed by atoms with van der Waals surface area (Å²) in [5, 5.41) is 8.75. The van der Waals surface area contributed by atoms with Gasteiger partial charge in [-0.25, -0.2) is 0 Å². The summed E-state index contributed by atoms with van der Waals surface area (Å²) in [5.74, 6) is 0.318. The monoisotopic (exact) mass is 348 g/mol. The Kier molecular flexibility index (Phi) is 5.65. The van der Waals surface area contributed by atoms with Crippen LogP contribution in [0, 0.1) is 5.92 Å². The van der Waals surface area contributed by atoms with Crippen molar-refractivity contribution in [1.29, 1.82) is 0 Å². The molecule has 1 aliphatic heterocycles. The summed E-state index contributed by atoms with van der Waals surface area (Å²) in [6.07, 6.45) is 1.86. The molecule has 0 aliphatic carbocycles. The quantitative estimate of drug-likeness (QED) is 0.797. The molecule has 0 radical (unpaired) electrons. The van der Waals surface area contributed by atoms with Crippen molar-refractivity contribution in [2.24, 2.45) is 5.92 Å². The van der Waals surface area contributed by atoms with Crippen LogP contribution in [0.25, 0.3) is 0 Å². The van der Waals surface area contributed by atoms with E-state index in [2.05, 4.69) is 37.6 Å². The van der Waals surface area contributed by atoms with Crippen molar-refractivity contribution in [1.82, 2.24) is 19.6 Å². The van der Waals surface area contributed by atoms with E-state index in [4.69, 9.17) is 4.74 Å². The Morgan fingerprint density at radius 3 is 3.04 bits per heavy atom. The Hall–Kier alpha value is -1.70. The van der Waals surface area contributed by atoms with Gasteiger partial charge in [0, 0.05) is 52.4 Å². The molecule has 2 aromatic heterocycles. The first-order chi connectivity index (χ1) is 11.6. The predicted octanol–water partition coefficient (Wildman–Crippen LogP) is 1.68. The molecular formula is C17H24N4O2S. The van der Waals surface area contributed by atoms with E-state index in [1.165, 1.54) is 11.3 Å². The molecule has 3 rings (SSSR count). The van der Waals surface area contributed by atoms with Gasteiger partial charge < -0.3 is 9.64 Å². The molecule has 0 N–H and O–H groups in total. The number of rotatable bonds is 6. The number of amides is 1. The summed E-state index contributed by atoms with van der Waals surface area (Å²) in [6.45, 7) is 4.30. The predicted molar refractivity (Wildman–Crippen MR) is 93.7 cm³/mol. The number of ether oxygens (including phenoxy) is 1. The van der Waals surface area contributed by atoms with E-state index in [1.807, 2.05) is 6.20 Å². The smallest absolute Gasteiger partial charge is 0.248 e. The Bertz CT molecular complexity index is 653. The van der Waals surface area contributed by atoms with Crippen LogP contribution in [0.3, 0.4) is 0 Å². The molecular weight excluding hydrogens is 324 g/mol. The van der Waals surface area contributed by atoms with Crippen molar-refractivity contribution in [3.8, 4) is 0 Å². The van der Waals surface area contributed by atoms with Gasteiger partial charge >= 0.3 is 0 Å². The summed E-state index contributed by atoms with van der Waals surface area (Å²) in [5.41, 5.74) is 2.58. The molecule has 0 aromatic carbocycles. The van der Waals surface area contributed by atoms with Crippen LogP contribution in [-0.4, -0.2) is 59.3 Å². The van der Waals surface area contributed by atoms with Crippen LogP contribution in [0.1, 0.15) is 11.3 Å². The maximum absolute atomic E-state index is 11.7. The third-order valence-corrected chi connectivity index (χ3v) is 4.93.